The van der Waals surface area contributed by atoms with Crippen LogP contribution in [0.1, 0.15) is 48.3 Å². The molecule has 1 saturated heterocycles. The number of benzene rings is 2. The monoisotopic (exact) mass is 480 g/mol. The highest BCUT2D eigenvalue weighted by molar-refractivity contribution is 5.77. The van der Waals surface area contributed by atoms with Crippen molar-refractivity contribution >= 4 is 11.9 Å². The Labute approximate surface area is 195 Å². The molecule has 0 aromatic heterocycles. The van der Waals surface area contributed by atoms with Crippen molar-refractivity contribution in [3.05, 3.63) is 71.0 Å². The number of rotatable bonds is 4. The molecule has 1 atom stereocenters. The Kier molecular flexibility index (Phi) is 7.97. The molecule has 1 spiro atoms. The zero-order valence-corrected chi connectivity index (χ0v) is 18.9. The van der Waals surface area contributed by atoms with Crippen LogP contribution in [0.25, 0.3) is 0 Å². The lowest BCUT2D eigenvalue weighted by Crippen LogP contribution is -2.41. The number of nitrogens with zero attached hydrogens (tertiary/aromatic N) is 1. The number of fused-ring (bicyclic) bond motifs is 2. The van der Waals surface area contributed by atoms with Crippen molar-refractivity contribution in [3.63, 3.8) is 0 Å². The van der Waals surface area contributed by atoms with Gasteiger partial charge in [0.05, 0.1) is 0 Å². The number of alkyl halides is 3. The average Bonchev–Trinajstić information content (AvgIpc) is 3.10. The Morgan fingerprint density at radius 2 is 1.68 bits per heavy atom. The quantitative estimate of drug-likeness (QED) is 0.627. The second-order valence-electron chi connectivity index (χ2n) is 8.85. The van der Waals surface area contributed by atoms with E-state index in [-0.39, 0.29) is 17.1 Å². The van der Waals surface area contributed by atoms with Crippen molar-refractivity contribution in [1.29, 1.82) is 0 Å². The van der Waals surface area contributed by atoms with E-state index in [9.17, 15) is 22.4 Å². The molecule has 1 aliphatic heterocycles. The van der Waals surface area contributed by atoms with Gasteiger partial charge in [-0.25, -0.2) is 9.18 Å². The van der Waals surface area contributed by atoms with Gasteiger partial charge >= 0.3 is 12.1 Å². The van der Waals surface area contributed by atoms with Crippen LogP contribution in [0, 0.1) is 5.82 Å². The molecule has 0 radical (unpaired) electrons. The SMILES string of the molecule is CNC(=O)CC1CC2(CCN(Cc3ccc(F)cc3)CC2)c2ccccc21.O=C(O)C(F)(F)F. The van der Waals surface area contributed by atoms with Gasteiger partial charge < -0.3 is 10.4 Å². The third-order valence-corrected chi connectivity index (χ3v) is 6.69. The van der Waals surface area contributed by atoms with Gasteiger partial charge in [-0.3, -0.25) is 9.69 Å². The van der Waals surface area contributed by atoms with E-state index in [0.717, 1.165) is 44.5 Å². The molecule has 1 aliphatic carbocycles. The number of carbonyl (C=O) groups is 2. The molecule has 2 aromatic rings. The van der Waals surface area contributed by atoms with Crippen LogP contribution in [0.4, 0.5) is 17.6 Å². The third-order valence-electron chi connectivity index (χ3n) is 6.69. The van der Waals surface area contributed by atoms with Crippen molar-refractivity contribution in [2.24, 2.45) is 0 Å². The Bertz CT molecular complexity index is 1000. The topological polar surface area (TPSA) is 69.6 Å². The fraction of sp³-hybridized carbons (Fsp3) is 0.440. The highest BCUT2D eigenvalue weighted by Gasteiger charge is 2.45. The van der Waals surface area contributed by atoms with E-state index < -0.39 is 12.1 Å². The lowest BCUT2D eigenvalue weighted by Gasteiger charge is -2.40. The standard InChI is InChI=1S/C23H27FN2O.C2HF3O2/c1-25-22(27)14-18-15-23(21-5-3-2-4-20(18)21)10-12-26(13-11-23)16-17-6-8-19(24)9-7-17;3-2(4,5)1(6)7/h2-9,18H,10-16H2,1H3,(H,25,27);(H,6,7). The zero-order chi connectivity index (χ0) is 24.9. The van der Waals surface area contributed by atoms with E-state index in [1.807, 2.05) is 12.1 Å². The molecule has 5 nitrogen and oxygen atoms in total. The first-order valence-corrected chi connectivity index (χ1v) is 11.1. The van der Waals surface area contributed by atoms with E-state index in [1.165, 1.54) is 23.3 Å². The highest BCUT2D eigenvalue weighted by atomic mass is 19.4. The summed E-state index contributed by atoms with van der Waals surface area (Å²) < 4.78 is 44.9. The zero-order valence-electron chi connectivity index (χ0n) is 18.9. The third kappa shape index (κ3) is 6.14. The van der Waals surface area contributed by atoms with Crippen molar-refractivity contribution in [2.45, 2.75) is 49.7 Å². The minimum Gasteiger partial charge on any atom is -0.475 e. The maximum atomic E-state index is 13.1. The predicted molar refractivity (Wildman–Crippen MR) is 119 cm³/mol. The number of halogens is 4. The van der Waals surface area contributed by atoms with Crippen molar-refractivity contribution in [2.75, 3.05) is 20.1 Å². The fourth-order valence-electron chi connectivity index (χ4n) is 5.00. The number of likely N-dealkylation sites (tertiary alicyclic amines) is 1. The minimum absolute atomic E-state index is 0.126. The summed E-state index contributed by atoms with van der Waals surface area (Å²) in [7, 11) is 1.72. The molecular formula is C25H28F4N2O3. The first-order chi connectivity index (χ1) is 16.0. The summed E-state index contributed by atoms with van der Waals surface area (Å²) in [4.78, 5) is 23.3. The van der Waals surface area contributed by atoms with Crippen LogP contribution in [0.5, 0.6) is 0 Å². The largest absolute Gasteiger partial charge is 0.490 e. The number of carboxylic acid groups (broad SMARTS) is 1. The van der Waals surface area contributed by atoms with Crippen LogP contribution in [0.3, 0.4) is 0 Å². The number of aliphatic carboxylic acids is 1. The first-order valence-electron chi connectivity index (χ1n) is 11.1. The molecule has 2 N–H and O–H groups in total. The van der Waals surface area contributed by atoms with Crippen LogP contribution >= 0.6 is 0 Å². The number of amides is 1. The molecule has 0 bridgehead atoms. The highest BCUT2D eigenvalue weighted by Crippen LogP contribution is 2.52. The summed E-state index contributed by atoms with van der Waals surface area (Å²) in [6.45, 7) is 2.95. The molecule has 1 fully saturated rings. The summed E-state index contributed by atoms with van der Waals surface area (Å²) in [5.74, 6) is -2.49. The lowest BCUT2D eigenvalue weighted by molar-refractivity contribution is -0.192. The maximum absolute atomic E-state index is 13.1. The number of carboxylic acids is 1. The van der Waals surface area contributed by atoms with Crippen LogP contribution in [-0.2, 0) is 21.5 Å². The minimum atomic E-state index is -5.08. The summed E-state index contributed by atoms with van der Waals surface area (Å²) in [6, 6.07) is 15.5. The van der Waals surface area contributed by atoms with E-state index in [4.69, 9.17) is 9.90 Å². The molecule has 2 aromatic carbocycles. The van der Waals surface area contributed by atoms with Gasteiger partial charge in [-0.2, -0.15) is 13.2 Å². The van der Waals surface area contributed by atoms with Crippen LogP contribution in [0.15, 0.2) is 48.5 Å². The second kappa shape index (κ2) is 10.5. The van der Waals surface area contributed by atoms with Gasteiger partial charge in [0.1, 0.15) is 5.82 Å². The molecule has 1 heterocycles. The van der Waals surface area contributed by atoms with Gasteiger partial charge in [-0.15, -0.1) is 0 Å². The van der Waals surface area contributed by atoms with Gasteiger partial charge in [-0.1, -0.05) is 36.4 Å². The first kappa shape index (κ1) is 25.7. The average molecular weight is 481 g/mol. The van der Waals surface area contributed by atoms with E-state index in [1.54, 1.807) is 7.05 Å². The number of carbonyl (C=O) groups excluding carboxylic acids is 1. The summed E-state index contributed by atoms with van der Waals surface area (Å²) >= 11 is 0. The molecule has 0 saturated carbocycles. The van der Waals surface area contributed by atoms with Gasteiger partial charge in [0, 0.05) is 20.0 Å². The van der Waals surface area contributed by atoms with Crippen molar-refractivity contribution in [1.82, 2.24) is 10.2 Å². The molecule has 2 aliphatic rings. The van der Waals surface area contributed by atoms with Crippen LogP contribution in [0.2, 0.25) is 0 Å². The van der Waals surface area contributed by atoms with Gasteiger partial charge in [0.25, 0.3) is 0 Å². The molecular weight excluding hydrogens is 452 g/mol. The number of nitrogens with one attached hydrogen (secondary N) is 1. The molecule has 1 unspecified atom stereocenters. The van der Waals surface area contributed by atoms with Crippen molar-refractivity contribution in [3.8, 4) is 0 Å². The Morgan fingerprint density at radius 3 is 2.24 bits per heavy atom. The fourth-order valence-corrected chi connectivity index (χ4v) is 5.00. The molecule has 9 heteroatoms. The number of hydrogen-bond acceptors (Lipinski definition) is 3. The van der Waals surface area contributed by atoms with E-state index in [2.05, 4.69) is 34.5 Å². The second-order valence-corrected chi connectivity index (χ2v) is 8.85. The molecule has 184 valence electrons. The van der Waals surface area contributed by atoms with Crippen LogP contribution < -0.4 is 5.32 Å². The lowest BCUT2D eigenvalue weighted by atomic mass is 9.73. The smallest absolute Gasteiger partial charge is 0.475 e. The molecule has 34 heavy (non-hydrogen) atoms. The van der Waals surface area contributed by atoms with Gasteiger partial charge in [-0.05, 0) is 72.5 Å². The predicted octanol–water partition coefficient (Wildman–Crippen LogP) is 4.62. The Balaban J connectivity index is 0.000000406. The number of piperidine rings is 1. The Hall–Kier alpha value is -2.94. The van der Waals surface area contributed by atoms with Gasteiger partial charge in [0.15, 0.2) is 0 Å². The van der Waals surface area contributed by atoms with Gasteiger partial charge in [0.2, 0.25) is 5.91 Å². The summed E-state index contributed by atoms with van der Waals surface area (Å²) in [5.41, 5.74) is 4.19. The number of hydrogen-bond donors (Lipinski definition) is 2. The van der Waals surface area contributed by atoms with Crippen molar-refractivity contribution < 1.29 is 32.3 Å². The normalized spacial score (nSPS) is 19.1. The van der Waals surface area contributed by atoms with Crippen LogP contribution in [-0.4, -0.2) is 48.2 Å². The molecule has 1 amide bonds. The maximum Gasteiger partial charge on any atom is 0.490 e. The summed E-state index contributed by atoms with van der Waals surface area (Å²) in [6.07, 6.45) is -1.19. The summed E-state index contributed by atoms with van der Waals surface area (Å²) in [5, 5.41) is 9.90. The Morgan fingerprint density at radius 1 is 1.09 bits per heavy atom. The van der Waals surface area contributed by atoms with E-state index in [0.29, 0.717) is 12.3 Å². The van der Waals surface area contributed by atoms with E-state index >= 15 is 0 Å². The molecule has 4 rings (SSSR count).